The van der Waals surface area contributed by atoms with E-state index in [4.69, 9.17) is 0 Å². The molecule has 2 atom stereocenters. The van der Waals surface area contributed by atoms with Crippen molar-refractivity contribution in [1.82, 2.24) is 4.90 Å². The number of likely N-dealkylation sites (tertiary alicyclic amines) is 1. The van der Waals surface area contributed by atoms with Crippen LogP contribution in [0.15, 0.2) is 11.4 Å². The standard InChI is InChI=1S/C11H19F2N/c1-8-4-5-14(6-8)7-9(2)11(13)10(3)12/h8,10H,4-7H2,1-3H3/b11-9-. The van der Waals surface area contributed by atoms with Crippen molar-refractivity contribution in [2.75, 3.05) is 19.6 Å². The van der Waals surface area contributed by atoms with E-state index in [0.717, 1.165) is 13.1 Å². The van der Waals surface area contributed by atoms with E-state index < -0.39 is 12.0 Å². The van der Waals surface area contributed by atoms with E-state index in [-0.39, 0.29) is 0 Å². The van der Waals surface area contributed by atoms with Gasteiger partial charge in [0, 0.05) is 13.1 Å². The first-order valence-corrected chi connectivity index (χ1v) is 5.22. The molecular formula is C11H19F2N. The average molecular weight is 203 g/mol. The summed E-state index contributed by atoms with van der Waals surface area (Å²) in [6.45, 7) is 7.69. The van der Waals surface area contributed by atoms with Crippen LogP contribution in [0.3, 0.4) is 0 Å². The molecule has 0 N–H and O–H groups in total. The Morgan fingerprint density at radius 3 is 2.64 bits per heavy atom. The van der Waals surface area contributed by atoms with Crippen LogP contribution in [0.25, 0.3) is 0 Å². The highest BCUT2D eigenvalue weighted by Crippen LogP contribution is 2.19. The number of nitrogens with zero attached hydrogens (tertiary/aromatic N) is 1. The van der Waals surface area contributed by atoms with Crippen LogP contribution in [0.5, 0.6) is 0 Å². The first-order chi connectivity index (χ1) is 6.50. The van der Waals surface area contributed by atoms with Gasteiger partial charge in [0.25, 0.3) is 0 Å². The molecule has 1 saturated heterocycles. The predicted molar refractivity (Wildman–Crippen MR) is 54.6 cm³/mol. The van der Waals surface area contributed by atoms with Crippen LogP contribution in [-0.4, -0.2) is 30.7 Å². The molecule has 2 unspecified atom stereocenters. The summed E-state index contributed by atoms with van der Waals surface area (Å²) in [7, 11) is 0. The van der Waals surface area contributed by atoms with E-state index in [1.165, 1.54) is 13.3 Å². The summed E-state index contributed by atoms with van der Waals surface area (Å²) in [5.41, 5.74) is 0.536. The Balaban J connectivity index is 2.48. The Bertz CT molecular complexity index is 223. The van der Waals surface area contributed by atoms with Gasteiger partial charge >= 0.3 is 0 Å². The normalized spacial score (nSPS) is 27.6. The second kappa shape index (κ2) is 4.87. The number of halogens is 2. The molecule has 1 aliphatic rings. The fourth-order valence-electron chi connectivity index (χ4n) is 1.92. The molecule has 0 radical (unpaired) electrons. The molecule has 0 spiro atoms. The van der Waals surface area contributed by atoms with Gasteiger partial charge in [0.1, 0.15) is 12.0 Å². The molecule has 14 heavy (non-hydrogen) atoms. The zero-order chi connectivity index (χ0) is 10.7. The highest BCUT2D eigenvalue weighted by atomic mass is 19.2. The Hall–Kier alpha value is -0.440. The first kappa shape index (κ1) is 11.6. The van der Waals surface area contributed by atoms with Gasteiger partial charge in [-0.25, -0.2) is 8.78 Å². The van der Waals surface area contributed by atoms with Crippen molar-refractivity contribution in [2.45, 2.75) is 33.4 Å². The van der Waals surface area contributed by atoms with E-state index in [0.29, 0.717) is 18.0 Å². The number of hydrogen-bond acceptors (Lipinski definition) is 1. The van der Waals surface area contributed by atoms with Gasteiger partial charge in [0.2, 0.25) is 0 Å². The lowest BCUT2D eigenvalue weighted by Gasteiger charge is -2.16. The fraction of sp³-hybridized carbons (Fsp3) is 0.818. The van der Waals surface area contributed by atoms with Crippen LogP contribution >= 0.6 is 0 Å². The summed E-state index contributed by atoms with van der Waals surface area (Å²) < 4.78 is 25.8. The third-order valence-electron chi connectivity index (χ3n) is 2.73. The van der Waals surface area contributed by atoms with Crippen LogP contribution in [0, 0.1) is 5.92 Å². The Labute approximate surface area is 84.8 Å². The van der Waals surface area contributed by atoms with Crippen LogP contribution in [-0.2, 0) is 0 Å². The molecule has 0 aromatic carbocycles. The molecule has 3 heteroatoms. The maximum absolute atomic E-state index is 13.1. The lowest BCUT2D eigenvalue weighted by molar-refractivity contribution is 0.322. The largest absolute Gasteiger partial charge is 0.299 e. The maximum Gasteiger partial charge on any atom is 0.149 e. The van der Waals surface area contributed by atoms with Crippen LogP contribution in [0.2, 0.25) is 0 Å². The number of alkyl halides is 1. The lowest BCUT2D eigenvalue weighted by atomic mass is 10.2. The van der Waals surface area contributed by atoms with Gasteiger partial charge in [0.05, 0.1) is 0 Å². The zero-order valence-electron chi connectivity index (χ0n) is 9.19. The third-order valence-corrected chi connectivity index (χ3v) is 2.73. The molecule has 1 aliphatic heterocycles. The Morgan fingerprint density at radius 2 is 2.21 bits per heavy atom. The minimum Gasteiger partial charge on any atom is -0.299 e. The second-order valence-electron chi connectivity index (χ2n) is 4.37. The number of rotatable bonds is 3. The molecule has 0 amide bonds. The van der Waals surface area contributed by atoms with E-state index in [1.807, 2.05) is 0 Å². The van der Waals surface area contributed by atoms with Crippen LogP contribution < -0.4 is 0 Å². The highest BCUT2D eigenvalue weighted by Gasteiger charge is 2.20. The van der Waals surface area contributed by atoms with Gasteiger partial charge in [-0.15, -0.1) is 0 Å². The number of hydrogen-bond donors (Lipinski definition) is 0. The SMILES string of the molecule is C/C(CN1CCC(C)C1)=C(/F)C(C)F. The minimum absolute atomic E-state index is 0.536. The summed E-state index contributed by atoms with van der Waals surface area (Å²) in [6.07, 6.45) is -0.296. The summed E-state index contributed by atoms with van der Waals surface area (Å²) >= 11 is 0. The van der Waals surface area contributed by atoms with Crippen molar-refractivity contribution < 1.29 is 8.78 Å². The van der Waals surface area contributed by atoms with Gasteiger partial charge in [-0.1, -0.05) is 6.92 Å². The van der Waals surface area contributed by atoms with Crippen LogP contribution in [0.1, 0.15) is 27.2 Å². The monoisotopic (exact) mass is 203 g/mol. The summed E-state index contributed by atoms with van der Waals surface area (Å²) in [5, 5.41) is 0. The molecular weight excluding hydrogens is 184 g/mol. The quantitative estimate of drug-likeness (QED) is 0.681. The fourth-order valence-corrected chi connectivity index (χ4v) is 1.92. The molecule has 1 nitrogen and oxygen atoms in total. The second-order valence-corrected chi connectivity index (χ2v) is 4.37. The van der Waals surface area contributed by atoms with E-state index in [1.54, 1.807) is 6.92 Å². The smallest absolute Gasteiger partial charge is 0.149 e. The Morgan fingerprint density at radius 1 is 1.57 bits per heavy atom. The zero-order valence-corrected chi connectivity index (χ0v) is 9.19. The molecule has 0 aliphatic carbocycles. The summed E-state index contributed by atoms with van der Waals surface area (Å²) in [4.78, 5) is 2.18. The molecule has 0 bridgehead atoms. The molecule has 0 aromatic heterocycles. The first-order valence-electron chi connectivity index (χ1n) is 5.22. The topological polar surface area (TPSA) is 3.24 Å². The average Bonchev–Trinajstić information content (AvgIpc) is 2.49. The van der Waals surface area contributed by atoms with E-state index in [2.05, 4.69) is 11.8 Å². The maximum atomic E-state index is 13.1. The molecule has 82 valence electrons. The third kappa shape index (κ3) is 3.05. The van der Waals surface area contributed by atoms with E-state index >= 15 is 0 Å². The van der Waals surface area contributed by atoms with Crippen molar-refractivity contribution in [3.8, 4) is 0 Å². The predicted octanol–water partition coefficient (Wildman–Crippen LogP) is 2.93. The lowest BCUT2D eigenvalue weighted by Crippen LogP contribution is -2.23. The molecule has 1 rings (SSSR count). The van der Waals surface area contributed by atoms with Gasteiger partial charge in [-0.2, -0.15) is 0 Å². The van der Waals surface area contributed by atoms with Crippen molar-refractivity contribution >= 4 is 0 Å². The highest BCUT2D eigenvalue weighted by molar-refractivity contribution is 5.10. The van der Waals surface area contributed by atoms with Crippen molar-refractivity contribution in [3.63, 3.8) is 0 Å². The summed E-state index contributed by atoms with van der Waals surface area (Å²) in [6, 6.07) is 0. The molecule has 0 aromatic rings. The molecule has 0 saturated carbocycles. The van der Waals surface area contributed by atoms with Crippen molar-refractivity contribution in [3.05, 3.63) is 11.4 Å². The van der Waals surface area contributed by atoms with Gasteiger partial charge in [-0.3, -0.25) is 4.90 Å². The summed E-state index contributed by atoms with van der Waals surface area (Å²) in [5.74, 6) is 0.0956. The van der Waals surface area contributed by atoms with Crippen LogP contribution in [0.4, 0.5) is 8.78 Å². The Kier molecular flexibility index (Phi) is 4.05. The van der Waals surface area contributed by atoms with Gasteiger partial charge in [-0.05, 0) is 38.3 Å². The molecule has 1 heterocycles. The van der Waals surface area contributed by atoms with E-state index in [9.17, 15) is 8.78 Å². The minimum atomic E-state index is -1.46. The number of allylic oxidation sites excluding steroid dienone is 1. The van der Waals surface area contributed by atoms with Gasteiger partial charge < -0.3 is 0 Å². The van der Waals surface area contributed by atoms with Gasteiger partial charge in [0.15, 0.2) is 0 Å². The van der Waals surface area contributed by atoms with Crippen molar-refractivity contribution in [2.24, 2.45) is 5.92 Å². The van der Waals surface area contributed by atoms with Crippen molar-refractivity contribution in [1.29, 1.82) is 0 Å². The molecule has 1 fully saturated rings.